The molecule has 0 saturated carbocycles. The molecule has 8 heteroatoms. The lowest BCUT2D eigenvalue weighted by Gasteiger charge is -2.36. The number of nitrogens with zero attached hydrogens (tertiary/aromatic N) is 3. The van der Waals surface area contributed by atoms with E-state index in [2.05, 4.69) is 20.1 Å². The van der Waals surface area contributed by atoms with Crippen LogP contribution in [0.15, 0.2) is 53.9 Å². The Morgan fingerprint density at radius 1 is 0.931 bits per heavy atom. The molecule has 29 heavy (non-hydrogen) atoms. The van der Waals surface area contributed by atoms with Crippen molar-refractivity contribution in [2.75, 3.05) is 36.0 Å². The Labute approximate surface area is 183 Å². The first-order chi connectivity index (χ1) is 14.1. The summed E-state index contributed by atoms with van der Waals surface area (Å²) >= 11 is 13.4. The van der Waals surface area contributed by atoms with E-state index in [0.717, 1.165) is 41.9 Å². The fourth-order valence-electron chi connectivity index (χ4n) is 3.20. The lowest BCUT2D eigenvalue weighted by Crippen LogP contribution is -2.46. The van der Waals surface area contributed by atoms with Crippen LogP contribution in [0.2, 0.25) is 10.0 Å². The molecule has 2 heterocycles. The first-order valence-corrected chi connectivity index (χ1v) is 11.0. The van der Waals surface area contributed by atoms with E-state index in [1.54, 1.807) is 0 Å². The third-order valence-electron chi connectivity index (χ3n) is 4.83. The molecule has 5 nitrogen and oxygen atoms in total. The third-order valence-corrected chi connectivity index (χ3v) is 6.24. The minimum atomic E-state index is -0.165. The van der Waals surface area contributed by atoms with Gasteiger partial charge in [-0.05, 0) is 42.0 Å². The van der Waals surface area contributed by atoms with Crippen LogP contribution in [-0.2, 0) is 6.54 Å². The zero-order valence-electron chi connectivity index (χ0n) is 15.6. The molecular weight excluding hydrogens is 427 g/mol. The molecule has 150 valence electrons. The Kier molecular flexibility index (Phi) is 6.23. The number of piperazine rings is 1. The summed E-state index contributed by atoms with van der Waals surface area (Å²) in [5, 5.41) is 7.04. The minimum Gasteiger partial charge on any atom is -0.368 e. The molecule has 1 N–H and O–H groups in total. The predicted molar refractivity (Wildman–Crippen MR) is 121 cm³/mol. The quantitative estimate of drug-likeness (QED) is 0.616. The molecule has 1 aliphatic heterocycles. The Bertz CT molecular complexity index is 967. The molecule has 1 amide bonds. The summed E-state index contributed by atoms with van der Waals surface area (Å²) in [6.07, 6.45) is 0. The standard InChI is InChI=1S/C21H20Cl2N4OS/c22-16-3-1-15(2-4-16)13-24-20(28)19-14-29-21(25-19)27-11-9-26(10-12-27)18-7-5-17(23)6-8-18/h1-8,14H,9-13H2,(H,24,28). The second kappa shape index (κ2) is 9.03. The van der Waals surface area contributed by atoms with Crippen molar-refractivity contribution in [3.8, 4) is 0 Å². The summed E-state index contributed by atoms with van der Waals surface area (Å²) in [5.74, 6) is -0.165. The summed E-state index contributed by atoms with van der Waals surface area (Å²) < 4.78 is 0. The maximum atomic E-state index is 12.4. The Balaban J connectivity index is 1.31. The number of nitrogens with one attached hydrogen (secondary N) is 1. The highest BCUT2D eigenvalue weighted by molar-refractivity contribution is 7.13. The summed E-state index contributed by atoms with van der Waals surface area (Å²) in [5.41, 5.74) is 2.63. The van der Waals surface area contributed by atoms with Gasteiger partial charge in [-0.2, -0.15) is 0 Å². The number of halogens is 2. The van der Waals surface area contributed by atoms with Crippen molar-refractivity contribution >= 4 is 51.3 Å². The van der Waals surface area contributed by atoms with E-state index in [1.807, 2.05) is 53.9 Å². The number of thiazole rings is 1. The summed E-state index contributed by atoms with van der Waals surface area (Å²) in [4.78, 5) is 21.5. The zero-order chi connectivity index (χ0) is 20.2. The maximum absolute atomic E-state index is 12.4. The lowest BCUT2D eigenvalue weighted by atomic mass is 10.2. The molecule has 0 atom stereocenters. The van der Waals surface area contributed by atoms with Crippen molar-refractivity contribution in [3.05, 3.63) is 75.2 Å². The number of hydrogen-bond donors (Lipinski definition) is 1. The van der Waals surface area contributed by atoms with E-state index in [9.17, 15) is 4.79 Å². The Hall–Kier alpha value is -2.28. The van der Waals surface area contributed by atoms with Gasteiger partial charge in [0.05, 0.1) is 0 Å². The van der Waals surface area contributed by atoms with Crippen molar-refractivity contribution in [2.24, 2.45) is 0 Å². The Morgan fingerprint density at radius 2 is 1.52 bits per heavy atom. The molecule has 0 unspecified atom stereocenters. The van der Waals surface area contributed by atoms with E-state index in [4.69, 9.17) is 23.2 Å². The van der Waals surface area contributed by atoms with Crippen LogP contribution in [-0.4, -0.2) is 37.1 Å². The number of hydrogen-bond acceptors (Lipinski definition) is 5. The van der Waals surface area contributed by atoms with Gasteiger partial charge in [0.25, 0.3) is 5.91 Å². The third kappa shape index (κ3) is 5.01. The number of anilines is 2. The number of aromatic nitrogens is 1. The topological polar surface area (TPSA) is 48.5 Å². The highest BCUT2D eigenvalue weighted by Crippen LogP contribution is 2.24. The second-order valence-electron chi connectivity index (χ2n) is 6.77. The summed E-state index contributed by atoms with van der Waals surface area (Å²) in [6.45, 7) is 3.98. The molecule has 0 bridgehead atoms. The molecule has 1 saturated heterocycles. The van der Waals surface area contributed by atoms with Crippen molar-refractivity contribution in [1.29, 1.82) is 0 Å². The van der Waals surface area contributed by atoms with Gasteiger partial charge in [0, 0.05) is 53.8 Å². The molecule has 4 rings (SSSR count). The molecule has 3 aromatic rings. The van der Waals surface area contributed by atoms with Gasteiger partial charge in [-0.3, -0.25) is 4.79 Å². The monoisotopic (exact) mass is 446 g/mol. The summed E-state index contributed by atoms with van der Waals surface area (Å²) in [6, 6.07) is 15.3. The van der Waals surface area contributed by atoms with Gasteiger partial charge in [-0.1, -0.05) is 35.3 Å². The maximum Gasteiger partial charge on any atom is 0.271 e. The lowest BCUT2D eigenvalue weighted by molar-refractivity contribution is 0.0946. The molecule has 1 fully saturated rings. The SMILES string of the molecule is O=C(NCc1ccc(Cl)cc1)c1csc(N2CCN(c3ccc(Cl)cc3)CC2)n1. The van der Waals surface area contributed by atoms with Crippen molar-refractivity contribution in [3.63, 3.8) is 0 Å². The largest absolute Gasteiger partial charge is 0.368 e. The van der Waals surface area contributed by atoms with Crippen LogP contribution in [0.25, 0.3) is 0 Å². The van der Waals surface area contributed by atoms with Gasteiger partial charge in [-0.25, -0.2) is 4.98 Å². The number of carbonyl (C=O) groups excluding carboxylic acids is 1. The average molecular weight is 447 g/mol. The molecular formula is C21H20Cl2N4OS. The van der Waals surface area contributed by atoms with E-state index < -0.39 is 0 Å². The average Bonchev–Trinajstić information content (AvgIpc) is 3.24. The van der Waals surface area contributed by atoms with Gasteiger partial charge in [0.15, 0.2) is 5.13 Å². The second-order valence-corrected chi connectivity index (χ2v) is 8.48. The van der Waals surface area contributed by atoms with Crippen LogP contribution in [0.3, 0.4) is 0 Å². The molecule has 0 aliphatic carbocycles. The molecule has 1 aliphatic rings. The number of rotatable bonds is 5. The van der Waals surface area contributed by atoms with E-state index in [-0.39, 0.29) is 5.91 Å². The number of benzene rings is 2. The number of amides is 1. The van der Waals surface area contributed by atoms with Crippen LogP contribution in [0.1, 0.15) is 16.1 Å². The van der Waals surface area contributed by atoms with Crippen molar-refractivity contribution in [2.45, 2.75) is 6.54 Å². The molecule has 2 aromatic carbocycles. The van der Waals surface area contributed by atoms with Gasteiger partial charge in [-0.15, -0.1) is 11.3 Å². The van der Waals surface area contributed by atoms with Crippen LogP contribution in [0.5, 0.6) is 0 Å². The highest BCUT2D eigenvalue weighted by Gasteiger charge is 2.21. The van der Waals surface area contributed by atoms with Crippen molar-refractivity contribution in [1.82, 2.24) is 10.3 Å². The van der Waals surface area contributed by atoms with Crippen LogP contribution in [0.4, 0.5) is 10.8 Å². The first kappa shape index (κ1) is 20.0. The highest BCUT2D eigenvalue weighted by atomic mass is 35.5. The van der Waals surface area contributed by atoms with E-state index in [1.165, 1.54) is 17.0 Å². The van der Waals surface area contributed by atoms with Gasteiger partial charge >= 0.3 is 0 Å². The fraction of sp³-hybridized carbons (Fsp3) is 0.238. The van der Waals surface area contributed by atoms with Gasteiger partial charge < -0.3 is 15.1 Å². The van der Waals surface area contributed by atoms with E-state index in [0.29, 0.717) is 17.3 Å². The summed E-state index contributed by atoms with van der Waals surface area (Å²) in [7, 11) is 0. The van der Waals surface area contributed by atoms with Gasteiger partial charge in [0.1, 0.15) is 5.69 Å². The van der Waals surface area contributed by atoms with Crippen LogP contribution < -0.4 is 15.1 Å². The molecule has 0 radical (unpaired) electrons. The predicted octanol–water partition coefficient (Wildman–Crippen LogP) is 4.71. The fourth-order valence-corrected chi connectivity index (χ4v) is 4.31. The number of carbonyl (C=O) groups is 1. The minimum absolute atomic E-state index is 0.165. The smallest absolute Gasteiger partial charge is 0.271 e. The van der Waals surface area contributed by atoms with Crippen LogP contribution >= 0.6 is 34.5 Å². The molecule has 1 aromatic heterocycles. The Morgan fingerprint density at radius 3 is 2.17 bits per heavy atom. The normalized spacial score (nSPS) is 14.1. The van der Waals surface area contributed by atoms with Crippen LogP contribution in [0, 0.1) is 0 Å². The first-order valence-electron chi connectivity index (χ1n) is 9.32. The van der Waals surface area contributed by atoms with E-state index >= 15 is 0 Å². The van der Waals surface area contributed by atoms with Gasteiger partial charge in [0.2, 0.25) is 0 Å². The zero-order valence-corrected chi connectivity index (χ0v) is 18.0. The van der Waals surface area contributed by atoms with Crippen molar-refractivity contribution < 1.29 is 4.79 Å². The molecule has 0 spiro atoms.